The molecule has 2 aliphatic rings. The number of halogens is 2. The molecule has 1 aliphatic carbocycles. The molecule has 0 bridgehead atoms. The average Bonchev–Trinajstić information content (AvgIpc) is 3.35. The molecule has 3 aromatic rings. The van der Waals surface area contributed by atoms with E-state index in [-0.39, 0.29) is 23.5 Å². The van der Waals surface area contributed by atoms with Gasteiger partial charge in [-0.15, -0.1) is 0 Å². The molecule has 7 nitrogen and oxygen atoms in total. The molecule has 1 aromatic carbocycles. The molecule has 0 radical (unpaired) electrons. The van der Waals surface area contributed by atoms with E-state index in [4.69, 9.17) is 21.3 Å². The van der Waals surface area contributed by atoms with Gasteiger partial charge in [-0.3, -0.25) is 9.69 Å². The number of aromatic nitrogens is 4. The van der Waals surface area contributed by atoms with Crippen molar-refractivity contribution in [2.75, 3.05) is 13.1 Å². The van der Waals surface area contributed by atoms with Crippen molar-refractivity contribution in [3.05, 3.63) is 51.4 Å². The first-order valence-electron chi connectivity index (χ1n) is 10.3. The zero-order valence-corrected chi connectivity index (χ0v) is 17.4. The summed E-state index contributed by atoms with van der Waals surface area (Å²) < 4.78 is 21.2. The van der Waals surface area contributed by atoms with Crippen molar-refractivity contribution in [3.8, 4) is 5.75 Å². The second kappa shape index (κ2) is 7.67. The lowest BCUT2D eigenvalue weighted by molar-refractivity contribution is -0.00743. The van der Waals surface area contributed by atoms with Crippen molar-refractivity contribution in [1.29, 1.82) is 0 Å². The molecule has 1 aliphatic heterocycles. The molecule has 1 atom stereocenters. The van der Waals surface area contributed by atoms with Gasteiger partial charge in [-0.1, -0.05) is 24.4 Å². The average molecular weight is 432 g/mol. The van der Waals surface area contributed by atoms with E-state index in [9.17, 15) is 9.18 Å². The number of nitrogens with one attached hydrogen (secondary N) is 1. The molecule has 0 spiro atoms. The van der Waals surface area contributed by atoms with E-state index in [1.165, 1.54) is 31.0 Å². The van der Waals surface area contributed by atoms with E-state index < -0.39 is 0 Å². The Bertz CT molecular complexity index is 1130. The Morgan fingerprint density at radius 1 is 1.30 bits per heavy atom. The molecule has 1 N–H and O–H groups in total. The van der Waals surface area contributed by atoms with Gasteiger partial charge >= 0.3 is 0 Å². The number of H-pyrrole nitrogens is 1. The third-order valence-electron chi connectivity index (χ3n) is 6.16. The smallest absolute Gasteiger partial charge is 0.262 e. The van der Waals surface area contributed by atoms with Gasteiger partial charge in [0.05, 0.1) is 23.3 Å². The Balaban J connectivity index is 1.32. The van der Waals surface area contributed by atoms with Gasteiger partial charge in [0.15, 0.2) is 5.65 Å². The number of nitrogens with zero attached hydrogens (tertiary/aromatic N) is 4. The molecule has 158 valence electrons. The van der Waals surface area contributed by atoms with Crippen LogP contribution in [0.3, 0.4) is 0 Å². The van der Waals surface area contributed by atoms with Crippen LogP contribution in [0.2, 0.25) is 5.02 Å². The van der Waals surface area contributed by atoms with Crippen LogP contribution < -0.4 is 10.3 Å². The molecule has 0 unspecified atom stereocenters. The van der Waals surface area contributed by atoms with Gasteiger partial charge < -0.3 is 9.72 Å². The Kier molecular flexibility index (Phi) is 4.99. The summed E-state index contributed by atoms with van der Waals surface area (Å²) >= 11 is 6.08. The van der Waals surface area contributed by atoms with Crippen LogP contribution in [-0.4, -0.2) is 43.8 Å². The third-order valence-corrected chi connectivity index (χ3v) is 6.47. The minimum atomic E-state index is -0.382. The molecule has 9 heteroatoms. The van der Waals surface area contributed by atoms with Crippen LogP contribution in [0, 0.1) is 5.82 Å². The molecule has 1 saturated heterocycles. The summed E-state index contributed by atoms with van der Waals surface area (Å²) in [7, 11) is 0. The second-order valence-corrected chi connectivity index (χ2v) is 8.57. The van der Waals surface area contributed by atoms with Crippen molar-refractivity contribution in [2.24, 2.45) is 0 Å². The van der Waals surface area contributed by atoms with Gasteiger partial charge in [-0.25, -0.2) is 14.1 Å². The highest BCUT2D eigenvalue weighted by Crippen LogP contribution is 2.32. The highest BCUT2D eigenvalue weighted by molar-refractivity contribution is 6.32. The topological polar surface area (TPSA) is 76.0 Å². The first-order chi connectivity index (χ1) is 14.5. The van der Waals surface area contributed by atoms with Crippen molar-refractivity contribution < 1.29 is 9.13 Å². The molecule has 3 heterocycles. The molecule has 0 amide bonds. The third kappa shape index (κ3) is 3.48. The normalized spacial score (nSPS) is 19.3. The van der Waals surface area contributed by atoms with E-state index in [1.807, 2.05) is 11.6 Å². The van der Waals surface area contributed by atoms with E-state index in [1.54, 1.807) is 6.20 Å². The molecule has 2 fully saturated rings. The SMILES string of the molecule is C[C@H](c1nc2c(cnn2C2CCCC2)c(=O)[nH]1)N1CC(Oc2cc(F)ccc2Cl)C1. The van der Waals surface area contributed by atoms with Crippen molar-refractivity contribution in [3.63, 3.8) is 0 Å². The Hall–Kier alpha value is -2.45. The van der Waals surface area contributed by atoms with Gasteiger partial charge in [-0.2, -0.15) is 5.10 Å². The number of hydrogen-bond acceptors (Lipinski definition) is 5. The number of fused-ring (bicyclic) bond motifs is 1. The van der Waals surface area contributed by atoms with Gasteiger partial charge in [0.2, 0.25) is 0 Å². The first-order valence-corrected chi connectivity index (χ1v) is 10.7. The van der Waals surface area contributed by atoms with E-state index in [0.717, 1.165) is 12.8 Å². The van der Waals surface area contributed by atoms with Crippen LogP contribution in [0.25, 0.3) is 11.0 Å². The molecule has 2 aromatic heterocycles. The summed E-state index contributed by atoms with van der Waals surface area (Å²) in [5.74, 6) is 0.588. The summed E-state index contributed by atoms with van der Waals surface area (Å²) in [6.07, 6.45) is 6.04. The van der Waals surface area contributed by atoms with E-state index >= 15 is 0 Å². The number of likely N-dealkylation sites (tertiary alicyclic amines) is 1. The van der Waals surface area contributed by atoms with Gasteiger partial charge in [0.25, 0.3) is 5.56 Å². The second-order valence-electron chi connectivity index (χ2n) is 8.16. The minimum Gasteiger partial charge on any atom is -0.486 e. The van der Waals surface area contributed by atoms with Crippen LogP contribution in [0.4, 0.5) is 4.39 Å². The maximum atomic E-state index is 13.4. The molecule has 5 rings (SSSR count). The lowest BCUT2D eigenvalue weighted by Crippen LogP contribution is -2.54. The quantitative estimate of drug-likeness (QED) is 0.664. The molecular weight excluding hydrogens is 409 g/mol. The summed E-state index contributed by atoms with van der Waals surface area (Å²) in [5, 5.41) is 5.37. The molecule has 30 heavy (non-hydrogen) atoms. The zero-order valence-electron chi connectivity index (χ0n) is 16.6. The number of benzene rings is 1. The van der Waals surface area contributed by atoms with E-state index in [2.05, 4.69) is 15.0 Å². The van der Waals surface area contributed by atoms with Crippen molar-refractivity contribution in [1.82, 2.24) is 24.6 Å². The summed E-state index contributed by atoms with van der Waals surface area (Å²) in [5.41, 5.74) is 0.498. The summed E-state index contributed by atoms with van der Waals surface area (Å²) in [6, 6.07) is 4.32. The van der Waals surface area contributed by atoms with Crippen LogP contribution in [-0.2, 0) is 0 Å². The maximum absolute atomic E-state index is 13.4. The number of ether oxygens (including phenoxy) is 1. The predicted octanol–water partition coefficient (Wildman–Crippen LogP) is 3.85. The minimum absolute atomic E-state index is 0.0862. The standard InChI is InChI=1S/C21H23ClFN5O2/c1-12(27-10-15(11-27)30-18-8-13(23)6-7-17(18)22)19-25-20-16(21(29)26-19)9-24-28(20)14-4-2-3-5-14/h6-9,12,14-15H,2-5,10-11H2,1H3,(H,25,26,29)/t12-/m1/s1. The zero-order chi connectivity index (χ0) is 20.8. The summed E-state index contributed by atoms with van der Waals surface area (Å²) in [4.78, 5) is 22.4. The Morgan fingerprint density at radius 2 is 2.07 bits per heavy atom. The summed E-state index contributed by atoms with van der Waals surface area (Å²) in [6.45, 7) is 3.28. The first kappa shape index (κ1) is 19.5. The Labute approximate surface area is 177 Å². The fourth-order valence-corrected chi connectivity index (χ4v) is 4.51. The van der Waals surface area contributed by atoms with Crippen LogP contribution in [0.5, 0.6) is 5.75 Å². The van der Waals surface area contributed by atoms with Gasteiger partial charge in [0, 0.05) is 19.2 Å². The predicted molar refractivity (Wildman–Crippen MR) is 111 cm³/mol. The highest BCUT2D eigenvalue weighted by Gasteiger charge is 2.34. The molecule has 1 saturated carbocycles. The van der Waals surface area contributed by atoms with Crippen LogP contribution >= 0.6 is 11.6 Å². The number of rotatable bonds is 5. The van der Waals surface area contributed by atoms with Crippen LogP contribution in [0.1, 0.15) is 50.5 Å². The van der Waals surface area contributed by atoms with Gasteiger partial charge in [0.1, 0.15) is 28.9 Å². The monoisotopic (exact) mass is 431 g/mol. The van der Waals surface area contributed by atoms with Gasteiger partial charge in [-0.05, 0) is 31.9 Å². The number of aromatic amines is 1. The molecular formula is C21H23ClFN5O2. The maximum Gasteiger partial charge on any atom is 0.262 e. The van der Waals surface area contributed by atoms with E-state index in [0.29, 0.717) is 46.8 Å². The Morgan fingerprint density at radius 3 is 2.83 bits per heavy atom. The lowest BCUT2D eigenvalue weighted by atomic mass is 10.1. The van der Waals surface area contributed by atoms with Crippen molar-refractivity contribution in [2.45, 2.75) is 50.8 Å². The highest BCUT2D eigenvalue weighted by atomic mass is 35.5. The number of hydrogen-bond donors (Lipinski definition) is 1. The fraction of sp³-hybridized carbons (Fsp3) is 0.476. The van der Waals surface area contributed by atoms with Crippen LogP contribution in [0.15, 0.2) is 29.2 Å². The lowest BCUT2D eigenvalue weighted by Gasteiger charge is -2.42. The fourth-order valence-electron chi connectivity index (χ4n) is 4.35. The van der Waals surface area contributed by atoms with Crippen molar-refractivity contribution >= 4 is 22.6 Å². The largest absolute Gasteiger partial charge is 0.486 e.